The number of nitrogens with zero attached hydrogens (tertiary/aromatic N) is 1. The number of halogens is 6. The Labute approximate surface area is 156 Å². The van der Waals surface area contributed by atoms with E-state index in [1.165, 1.54) is 12.1 Å². The SMILES string of the molecule is FC(F)(F)Oc1ccc(C2=NCC(c3cc(Cl)cc(Cl)c3)N2)cc1Cl. The van der Waals surface area contributed by atoms with Crippen molar-refractivity contribution in [2.75, 3.05) is 6.54 Å². The molecule has 0 bridgehead atoms. The average Bonchev–Trinajstić information content (AvgIpc) is 2.97. The van der Waals surface area contributed by atoms with E-state index in [0.29, 0.717) is 28.0 Å². The van der Waals surface area contributed by atoms with E-state index < -0.39 is 12.1 Å². The van der Waals surface area contributed by atoms with Gasteiger partial charge < -0.3 is 10.1 Å². The van der Waals surface area contributed by atoms with Crippen LogP contribution in [0.15, 0.2) is 41.4 Å². The Morgan fingerprint density at radius 1 is 1.04 bits per heavy atom. The molecule has 132 valence electrons. The number of hydrogen-bond acceptors (Lipinski definition) is 3. The maximum atomic E-state index is 12.3. The molecule has 1 heterocycles. The highest BCUT2D eigenvalue weighted by molar-refractivity contribution is 6.34. The van der Waals surface area contributed by atoms with Crippen LogP contribution in [-0.2, 0) is 0 Å². The van der Waals surface area contributed by atoms with E-state index in [9.17, 15) is 13.2 Å². The molecule has 1 aliphatic heterocycles. The average molecular weight is 410 g/mol. The van der Waals surface area contributed by atoms with Gasteiger partial charge in [-0.15, -0.1) is 13.2 Å². The van der Waals surface area contributed by atoms with Gasteiger partial charge in [0.15, 0.2) is 0 Å². The number of alkyl halides is 3. The Morgan fingerprint density at radius 3 is 2.32 bits per heavy atom. The summed E-state index contributed by atoms with van der Waals surface area (Å²) in [4.78, 5) is 4.37. The summed E-state index contributed by atoms with van der Waals surface area (Å²) in [6.07, 6.45) is -4.80. The van der Waals surface area contributed by atoms with Gasteiger partial charge >= 0.3 is 6.36 Å². The summed E-state index contributed by atoms with van der Waals surface area (Å²) < 4.78 is 40.7. The maximum Gasteiger partial charge on any atom is 0.573 e. The van der Waals surface area contributed by atoms with Gasteiger partial charge in [-0.1, -0.05) is 34.8 Å². The molecule has 0 saturated heterocycles. The lowest BCUT2D eigenvalue weighted by Gasteiger charge is -2.14. The monoisotopic (exact) mass is 408 g/mol. The quantitative estimate of drug-likeness (QED) is 0.712. The molecule has 3 nitrogen and oxygen atoms in total. The van der Waals surface area contributed by atoms with E-state index in [1.54, 1.807) is 18.2 Å². The van der Waals surface area contributed by atoms with Crippen LogP contribution in [0, 0.1) is 0 Å². The van der Waals surface area contributed by atoms with Crippen molar-refractivity contribution in [2.24, 2.45) is 4.99 Å². The highest BCUT2D eigenvalue weighted by atomic mass is 35.5. The van der Waals surface area contributed by atoms with Gasteiger partial charge in [0.05, 0.1) is 17.6 Å². The van der Waals surface area contributed by atoms with E-state index in [-0.39, 0.29) is 11.1 Å². The molecule has 9 heteroatoms. The van der Waals surface area contributed by atoms with Crippen LogP contribution in [0.1, 0.15) is 17.2 Å². The summed E-state index contributed by atoms with van der Waals surface area (Å²) in [5.41, 5.74) is 1.41. The van der Waals surface area contributed by atoms with Crippen molar-refractivity contribution in [3.8, 4) is 5.75 Å². The van der Waals surface area contributed by atoms with Crippen molar-refractivity contribution in [3.63, 3.8) is 0 Å². The summed E-state index contributed by atoms with van der Waals surface area (Å²) >= 11 is 17.9. The summed E-state index contributed by atoms with van der Waals surface area (Å²) in [5.74, 6) is 0.0521. The zero-order chi connectivity index (χ0) is 18.2. The Morgan fingerprint density at radius 2 is 1.72 bits per heavy atom. The van der Waals surface area contributed by atoms with Crippen LogP contribution in [0.3, 0.4) is 0 Å². The molecule has 25 heavy (non-hydrogen) atoms. The fourth-order valence-electron chi connectivity index (χ4n) is 2.43. The highest BCUT2D eigenvalue weighted by Crippen LogP contribution is 2.32. The van der Waals surface area contributed by atoms with Gasteiger partial charge in [-0.25, -0.2) is 0 Å². The smallest absolute Gasteiger partial charge is 0.404 e. The minimum Gasteiger partial charge on any atom is -0.404 e. The Bertz CT molecular complexity index is 820. The third-order valence-electron chi connectivity index (χ3n) is 3.46. The van der Waals surface area contributed by atoms with Crippen LogP contribution in [-0.4, -0.2) is 18.7 Å². The van der Waals surface area contributed by atoms with Crippen LogP contribution < -0.4 is 10.1 Å². The number of nitrogens with one attached hydrogen (secondary N) is 1. The molecule has 0 saturated carbocycles. The molecule has 1 atom stereocenters. The molecule has 0 aromatic heterocycles. The fourth-order valence-corrected chi connectivity index (χ4v) is 3.20. The molecule has 3 rings (SSSR count). The second kappa shape index (κ2) is 6.94. The molecule has 0 spiro atoms. The number of rotatable bonds is 3. The third kappa shape index (κ3) is 4.51. The Balaban J connectivity index is 1.77. The largest absolute Gasteiger partial charge is 0.573 e. The number of amidine groups is 1. The molecular formula is C16H10Cl3F3N2O. The van der Waals surface area contributed by atoms with E-state index in [2.05, 4.69) is 15.0 Å². The molecule has 0 amide bonds. The molecule has 1 N–H and O–H groups in total. The third-order valence-corrected chi connectivity index (χ3v) is 4.19. The van der Waals surface area contributed by atoms with E-state index >= 15 is 0 Å². The molecule has 1 aliphatic rings. The lowest BCUT2D eigenvalue weighted by molar-refractivity contribution is -0.274. The maximum absolute atomic E-state index is 12.3. The van der Waals surface area contributed by atoms with Crippen LogP contribution in [0.4, 0.5) is 13.2 Å². The predicted molar refractivity (Wildman–Crippen MR) is 91.9 cm³/mol. The van der Waals surface area contributed by atoms with Crippen molar-refractivity contribution < 1.29 is 17.9 Å². The van der Waals surface area contributed by atoms with Crippen LogP contribution in [0.5, 0.6) is 5.75 Å². The van der Waals surface area contributed by atoms with Gasteiger partial charge in [0.25, 0.3) is 0 Å². The second-order valence-electron chi connectivity index (χ2n) is 5.28. The van der Waals surface area contributed by atoms with E-state index in [0.717, 1.165) is 11.6 Å². The van der Waals surface area contributed by atoms with Crippen molar-refractivity contribution >= 4 is 40.6 Å². The minimum absolute atomic E-state index is 0.143. The first kappa shape index (κ1) is 18.2. The van der Waals surface area contributed by atoms with Gasteiger partial charge in [-0.2, -0.15) is 0 Å². The number of ether oxygens (including phenoxy) is 1. The van der Waals surface area contributed by atoms with Crippen LogP contribution in [0.2, 0.25) is 15.1 Å². The fraction of sp³-hybridized carbons (Fsp3) is 0.188. The first-order chi connectivity index (χ1) is 11.7. The zero-order valence-electron chi connectivity index (χ0n) is 12.4. The van der Waals surface area contributed by atoms with Crippen LogP contribution in [0.25, 0.3) is 0 Å². The molecular weight excluding hydrogens is 400 g/mol. The summed E-state index contributed by atoms with van der Waals surface area (Å²) in [7, 11) is 0. The molecule has 1 unspecified atom stereocenters. The van der Waals surface area contributed by atoms with Crippen molar-refractivity contribution in [3.05, 3.63) is 62.6 Å². The van der Waals surface area contributed by atoms with E-state index in [1.807, 2.05) is 0 Å². The van der Waals surface area contributed by atoms with Crippen molar-refractivity contribution in [2.45, 2.75) is 12.4 Å². The van der Waals surface area contributed by atoms with Gasteiger partial charge in [0, 0.05) is 15.6 Å². The van der Waals surface area contributed by atoms with Crippen molar-refractivity contribution in [1.82, 2.24) is 5.32 Å². The summed E-state index contributed by atoms with van der Waals surface area (Å²) in [6.45, 7) is 0.435. The zero-order valence-corrected chi connectivity index (χ0v) is 14.6. The second-order valence-corrected chi connectivity index (χ2v) is 6.56. The van der Waals surface area contributed by atoms with Gasteiger partial charge in [0.2, 0.25) is 0 Å². The minimum atomic E-state index is -4.80. The molecule has 0 aliphatic carbocycles. The molecule has 0 fully saturated rings. The van der Waals surface area contributed by atoms with Crippen molar-refractivity contribution in [1.29, 1.82) is 0 Å². The normalized spacial score (nSPS) is 17.2. The number of benzene rings is 2. The number of hydrogen-bond donors (Lipinski definition) is 1. The Kier molecular flexibility index (Phi) is 5.04. The first-order valence-electron chi connectivity index (χ1n) is 7.04. The topological polar surface area (TPSA) is 33.6 Å². The van der Waals surface area contributed by atoms with Crippen LogP contribution >= 0.6 is 34.8 Å². The lowest BCUT2D eigenvalue weighted by Crippen LogP contribution is -2.24. The predicted octanol–water partition coefficient (Wildman–Crippen LogP) is 5.64. The first-order valence-corrected chi connectivity index (χ1v) is 8.17. The molecule has 2 aromatic carbocycles. The molecule has 0 radical (unpaired) electrons. The van der Waals surface area contributed by atoms with Gasteiger partial charge in [0.1, 0.15) is 11.6 Å². The highest BCUT2D eigenvalue weighted by Gasteiger charge is 2.32. The summed E-state index contributed by atoms with van der Waals surface area (Å²) in [6, 6.07) is 9.00. The lowest BCUT2D eigenvalue weighted by atomic mass is 10.1. The standard InChI is InChI=1S/C16H10Cl3F3N2O/c17-10-3-9(4-11(18)6-10)13-7-23-15(24-13)8-1-2-14(12(19)5-8)25-16(20,21)22/h1-6,13H,7H2,(H,23,24). The summed E-state index contributed by atoms with van der Waals surface area (Å²) in [5, 5.41) is 4.04. The van der Waals surface area contributed by atoms with Gasteiger partial charge in [-0.3, -0.25) is 4.99 Å². The van der Waals surface area contributed by atoms with Gasteiger partial charge in [-0.05, 0) is 42.0 Å². The number of aliphatic imine (C=N–C) groups is 1. The Hall–Kier alpha value is -1.63. The van der Waals surface area contributed by atoms with E-state index in [4.69, 9.17) is 34.8 Å². The molecule has 2 aromatic rings.